The fourth-order valence-corrected chi connectivity index (χ4v) is 2.76. The van der Waals surface area contributed by atoms with E-state index < -0.39 is 0 Å². The lowest BCUT2D eigenvalue weighted by atomic mass is 10.1. The van der Waals surface area contributed by atoms with Crippen LogP contribution in [0.5, 0.6) is 0 Å². The van der Waals surface area contributed by atoms with E-state index in [1.165, 1.54) is 11.3 Å². The molecule has 0 saturated carbocycles. The molecule has 6 heteroatoms. The maximum Gasteiger partial charge on any atom is 0.248 e. The van der Waals surface area contributed by atoms with Crippen molar-refractivity contribution in [2.45, 2.75) is 46.1 Å². The van der Waals surface area contributed by atoms with E-state index in [1.54, 1.807) is 0 Å². The monoisotopic (exact) mass is 276 g/mol. The van der Waals surface area contributed by atoms with E-state index in [2.05, 4.69) is 29.1 Å². The fraction of sp³-hybridized carbons (Fsp3) is 0.643. The van der Waals surface area contributed by atoms with Gasteiger partial charge in [0.05, 0.1) is 12.3 Å². The van der Waals surface area contributed by atoms with Gasteiger partial charge in [-0.15, -0.1) is 0 Å². The number of aromatic nitrogens is 4. The summed E-state index contributed by atoms with van der Waals surface area (Å²) in [5, 5.41) is 8.61. The Kier molecular flexibility index (Phi) is 3.56. The van der Waals surface area contributed by atoms with Gasteiger partial charge in [-0.3, -0.25) is 4.68 Å². The van der Waals surface area contributed by atoms with Crippen molar-refractivity contribution in [3.63, 3.8) is 0 Å². The molecular formula is C14H20N4O2. The summed E-state index contributed by atoms with van der Waals surface area (Å²) < 4.78 is 12.6. The van der Waals surface area contributed by atoms with Crippen molar-refractivity contribution in [2.75, 3.05) is 13.2 Å². The van der Waals surface area contributed by atoms with Gasteiger partial charge in [-0.25, -0.2) is 0 Å². The van der Waals surface area contributed by atoms with Crippen LogP contribution in [0.1, 0.15) is 47.9 Å². The highest BCUT2D eigenvalue weighted by Crippen LogP contribution is 2.23. The molecular weight excluding hydrogens is 256 g/mol. The Morgan fingerprint density at radius 1 is 1.35 bits per heavy atom. The molecule has 20 heavy (non-hydrogen) atoms. The van der Waals surface area contributed by atoms with E-state index >= 15 is 0 Å². The zero-order valence-corrected chi connectivity index (χ0v) is 12.2. The van der Waals surface area contributed by atoms with Crippen molar-refractivity contribution < 1.29 is 9.26 Å². The standard InChI is InChI=1S/C14H20N4O2/c1-4-12-9(2)16-18(10(12)3)7-13-15-14(17-20-13)11-5-6-19-8-11/h11H,4-8H2,1-3H3/t11-/m1/s1. The van der Waals surface area contributed by atoms with Gasteiger partial charge in [0.1, 0.15) is 6.54 Å². The van der Waals surface area contributed by atoms with E-state index in [9.17, 15) is 0 Å². The lowest BCUT2D eigenvalue weighted by molar-refractivity contribution is 0.192. The normalized spacial score (nSPS) is 18.9. The molecule has 0 spiro atoms. The molecule has 2 aromatic heterocycles. The minimum Gasteiger partial charge on any atom is -0.381 e. The predicted molar refractivity (Wildman–Crippen MR) is 72.7 cm³/mol. The van der Waals surface area contributed by atoms with Crippen LogP contribution in [0.3, 0.4) is 0 Å². The summed E-state index contributed by atoms with van der Waals surface area (Å²) in [6.45, 7) is 8.28. The van der Waals surface area contributed by atoms with Crippen LogP contribution in [0.4, 0.5) is 0 Å². The van der Waals surface area contributed by atoms with Gasteiger partial charge >= 0.3 is 0 Å². The van der Waals surface area contributed by atoms with Crippen molar-refractivity contribution in [3.8, 4) is 0 Å². The maximum atomic E-state index is 5.35. The maximum absolute atomic E-state index is 5.35. The van der Waals surface area contributed by atoms with Gasteiger partial charge in [-0.1, -0.05) is 12.1 Å². The van der Waals surface area contributed by atoms with Crippen LogP contribution in [-0.2, 0) is 17.7 Å². The van der Waals surface area contributed by atoms with Gasteiger partial charge in [-0.2, -0.15) is 10.1 Å². The highest BCUT2D eigenvalue weighted by Gasteiger charge is 2.23. The molecule has 3 heterocycles. The van der Waals surface area contributed by atoms with Crippen LogP contribution in [0, 0.1) is 13.8 Å². The second kappa shape index (κ2) is 5.36. The van der Waals surface area contributed by atoms with Crippen molar-refractivity contribution >= 4 is 0 Å². The summed E-state index contributed by atoms with van der Waals surface area (Å²) in [6.07, 6.45) is 1.96. The lowest BCUT2D eigenvalue weighted by Gasteiger charge is -2.01. The molecule has 108 valence electrons. The minimum absolute atomic E-state index is 0.277. The average Bonchev–Trinajstić information content (AvgIpc) is 3.12. The Balaban J connectivity index is 1.78. The topological polar surface area (TPSA) is 66.0 Å². The second-order valence-electron chi connectivity index (χ2n) is 5.27. The molecule has 1 saturated heterocycles. The molecule has 1 atom stereocenters. The number of aryl methyl sites for hydroxylation is 1. The third-order valence-corrected chi connectivity index (χ3v) is 3.95. The van der Waals surface area contributed by atoms with E-state index in [4.69, 9.17) is 9.26 Å². The van der Waals surface area contributed by atoms with Crippen molar-refractivity contribution in [1.29, 1.82) is 0 Å². The Morgan fingerprint density at radius 3 is 2.85 bits per heavy atom. The van der Waals surface area contributed by atoms with Crippen LogP contribution in [0.15, 0.2) is 4.52 Å². The number of hydrogen-bond donors (Lipinski definition) is 0. The first-order valence-corrected chi connectivity index (χ1v) is 7.12. The number of rotatable bonds is 4. The molecule has 0 unspecified atom stereocenters. The van der Waals surface area contributed by atoms with Crippen LogP contribution >= 0.6 is 0 Å². The highest BCUT2D eigenvalue weighted by atomic mass is 16.5. The van der Waals surface area contributed by atoms with E-state index in [1.807, 2.05) is 11.6 Å². The van der Waals surface area contributed by atoms with Crippen LogP contribution in [-0.4, -0.2) is 33.1 Å². The fourth-order valence-electron chi connectivity index (χ4n) is 2.76. The van der Waals surface area contributed by atoms with Gasteiger partial charge in [0, 0.05) is 18.2 Å². The van der Waals surface area contributed by atoms with Crippen molar-refractivity contribution in [3.05, 3.63) is 28.7 Å². The molecule has 2 aromatic rings. The molecule has 1 aliphatic rings. The molecule has 0 aliphatic carbocycles. The Morgan fingerprint density at radius 2 is 2.20 bits per heavy atom. The Labute approximate surface area is 118 Å². The number of hydrogen-bond acceptors (Lipinski definition) is 5. The summed E-state index contributed by atoms with van der Waals surface area (Å²) in [6, 6.07) is 0. The first-order valence-electron chi connectivity index (χ1n) is 7.12. The Bertz CT molecular complexity index is 596. The van der Waals surface area contributed by atoms with Crippen molar-refractivity contribution in [1.82, 2.24) is 19.9 Å². The van der Waals surface area contributed by atoms with Gasteiger partial charge in [0.15, 0.2) is 5.82 Å². The molecule has 0 aromatic carbocycles. The molecule has 0 bridgehead atoms. The largest absolute Gasteiger partial charge is 0.381 e. The molecule has 0 radical (unpaired) electrons. The van der Waals surface area contributed by atoms with Crippen LogP contribution in [0.25, 0.3) is 0 Å². The van der Waals surface area contributed by atoms with Gasteiger partial charge in [0.2, 0.25) is 5.89 Å². The minimum atomic E-state index is 0.277. The summed E-state index contributed by atoms with van der Waals surface area (Å²) in [7, 11) is 0. The average molecular weight is 276 g/mol. The number of nitrogens with zero attached hydrogens (tertiary/aromatic N) is 4. The van der Waals surface area contributed by atoms with Crippen LogP contribution in [0.2, 0.25) is 0 Å². The molecule has 0 amide bonds. The van der Waals surface area contributed by atoms with Gasteiger partial charge in [-0.05, 0) is 32.3 Å². The molecule has 0 N–H and O–H groups in total. The summed E-state index contributed by atoms with van der Waals surface area (Å²) in [5.41, 5.74) is 3.55. The SMILES string of the molecule is CCc1c(C)nn(Cc2nc([C@@H]3CCOC3)no2)c1C. The zero-order valence-electron chi connectivity index (χ0n) is 12.2. The molecule has 1 fully saturated rings. The van der Waals surface area contributed by atoms with Crippen LogP contribution < -0.4 is 0 Å². The molecule has 3 rings (SSSR count). The second-order valence-corrected chi connectivity index (χ2v) is 5.27. The molecule has 1 aliphatic heterocycles. The first-order chi connectivity index (χ1) is 9.69. The van der Waals surface area contributed by atoms with E-state index in [0.29, 0.717) is 19.0 Å². The zero-order chi connectivity index (χ0) is 14.1. The van der Waals surface area contributed by atoms with Crippen molar-refractivity contribution in [2.24, 2.45) is 0 Å². The third kappa shape index (κ3) is 2.35. The molecule has 6 nitrogen and oxygen atoms in total. The summed E-state index contributed by atoms with van der Waals surface area (Å²) in [5.74, 6) is 1.65. The third-order valence-electron chi connectivity index (χ3n) is 3.95. The highest BCUT2D eigenvalue weighted by molar-refractivity contribution is 5.24. The lowest BCUT2D eigenvalue weighted by Crippen LogP contribution is -2.05. The summed E-state index contributed by atoms with van der Waals surface area (Å²) >= 11 is 0. The predicted octanol–water partition coefficient (Wildman–Crippen LogP) is 2.00. The van der Waals surface area contributed by atoms with E-state index in [0.717, 1.165) is 31.0 Å². The smallest absolute Gasteiger partial charge is 0.248 e. The number of ether oxygens (including phenoxy) is 1. The van der Waals surface area contributed by atoms with Gasteiger partial charge in [0.25, 0.3) is 0 Å². The van der Waals surface area contributed by atoms with E-state index in [-0.39, 0.29) is 5.92 Å². The first kappa shape index (κ1) is 13.3. The van der Waals surface area contributed by atoms with Gasteiger partial charge < -0.3 is 9.26 Å². The summed E-state index contributed by atoms with van der Waals surface area (Å²) in [4.78, 5) is 4.47. The Hall–Kier alpha value is -1.69. The quantitative estimate of drug-likeness (QED) is 0.854.